The normalized spacial score (nSPS) is 16.5. The van der Waals surface area contributed by atoms with E-state index in [4.69, 9.17) is 4.74 Å². The summed E-state index contributed by atoms with van der Waals surface area (Å²) in [4.78, 5) is 6.50. The first-order valence-electron chi connectivity index (χ1n) is 10.3. The topological polar surface area (TPSA) is 74.2 Å². The van der Waals surface area contributed by atoms with Gasteiger partial charge in [-0.25, -0.2) is 8.42 Å². The number of benzene rings is 1. The lowest BCUT2D eigenvalue weighted by molar-refractivity contribution is 0.0904. The zero-order chi connectivity index (χ0) is 21.4. The summed E-state index contributed by atoms with van der Waals surface area (Å²) in [5, 5.41) is 3.41. The van der Waals surface area contributed by atoms with E-state index in [1.165, 1.54) is 16.7 Å². The molecular formula is C21H36N4O3S. The first-order chi connectivity index (χ1) is 13.7. The van der Waals surface area contributed by atoms with Crippen LogP contribution < -0.4 is 5.32 Å². The van der Waals surface area contributed by atoms with Gasteiger partial charge in [-0.1, -0.05) is 29.3 Å². The minimum absolute atomic E-state index is 0.0358. The van der Waals surface area contributed by atoms with Crippen molar-refractivity contribution in [2.45, 2.75) is 40.2 Å². The van der Waals surface area contributed by atoms with Gasteiger partial charge in [-0.15, -0.1) is 0 Å². The number of hydrogen-bond acceptors (Lipinski definition) is 4. The lowest BCUT2D eigenvalue weighted by Gasteiger charge is -2.35. The summed E-state index contributed by atoms with van der Waals surface area (Å²) in [5.41, 5.74) is 3.87. The molecule has 0 radical (unpaired) electrons. The number of aliphatic imine (C=N–C) groups is 1. The summed E-state index contributed by atoms with van der Waals surface area (Å²) >= 11 is 0. The zero-order valence-electron chi connectivity index (χ0n) is 18.4. The Morgan fingerprint density at radius 3 is 2.31 bits per heavy atom. The van der Waals surface area contributed by atoms with Crippen LogP contribution in [0.15, 0.2) is 23.2 Å². The van der Waals surface area contributed by atoms with Gasteiger partial charge in [0.15, 0.2) is 5.96 Å². The minimum Gasteiger partial charge on any atom is -0.378 e. The lowest BCUT2D eigenvalue weighted by atomic mass is 10.1. The predicted molar refractivity (Wildman–Crippen MR) is 119 cm³/mol. The van der Waals surface area contributed by atoms with Gasteiger partial charge >= 0.3 is 0 Å². The maximum absolute atomic E-state index is 12.5. The van der Waals surface area contributed by atoms with Gasteiger partial charge < -0.3 is 15.0 Å². The van der Waals surface area contributed by atoms with Crippen LogP contribution in [0.25, 0.3) is 0 Å². The van der Waals surface area contributed by atoms with E-state index < -0.39 is 10.0 Å². The number of piperazine rings is 1. The number of sulfonamides is 1. The van der Waals surface area contributed by atoms with Crippen LogP contribution in [-0.4, -0.2) is 81.8 Å². The second kappa shape index (κ2) is 10.9. The van der Waals surface area contributed by atoms with Crippen molar-refractivity contribution in [3.63, 3.8) is 0 Å². The maximum Gasteiger partial charge on any atom is 0.216 e. The van der Waals surface area contributed by atoms with Gasteiger partial charge in [0.05, 0.1) is 18.5 Å². The highest BCUT2D eigenvalue weighted by Crippen LogP contribution is 2.10. The van der Waals surface area contributed by atoms with Crippen LogP contribution in [0.1, 0.15) is 30.5 Å². The molecule has 0 amide bonds. The van der Waals surface area contributed by atoms with Gasteiger partial charge in [0, 0.05) is 39.8 Å². The van der Waals surface area contributed by atoms with Crippen LogP contribution in [0.3, 0.4) is 0 Å². The molecule has 7 nitrogen and oxygen atoms in total. The third-order valence-electron chi connectivity index (χ3n) is 4.91. The Morgan fingerprint density at radius 2 is 1.76 bits per heavy atom. The molecule has 0 spiro atoms. The zero-order valence-corrected chi connectivity index (χ0v) is 19.3. The molecular weight excluding hydrogens is 388 g/mol. The molecule has 8 heteroatoms. The van der Waals surface area contributed by atoms with Crippen LogP contribution in [-0.2, 0) is 21.2 Å². The van der Waals surface area contributed by atoms with Crippen LogP contribution in [0, 0.1) is 13.8 Å². The number of ether oxygens (including phenoxy) is 1. The Kier molecular flexibility index (Phi) is 8.92. The second-order valence-electron chi connectivity index (χ2n) is 7.84. The number of rotatable bonds is 8. The van der Waals surface area contributed by atoms with E-state index in [1.807, 2.05) is 13.8 Å². The van der Waals surface area contributed by atoms with Gasteiger partial charge in [0.1, 0.15) is 0 Å². The quantitative estimate of drug-likeness (QED) is 0.509. The van der Waals surface area contributed by atoms with Crippen LogP contribution in [0.2, 0.25) is 0 Å². The Labute approximate surface area is 176 Å². The smallest absolute Gasteiger partial charge is 0.216 e. The van der Waals surface area contributed by atoms with Crippen LogP contribution >= 0.6 is 0 Å². The van der Waals surface area contributed by atoms with Gasteiger partial charge in [-0.3, -0.25) is 4.99 Å². The molecule has 0 atom stereocenters. The van der Waals surface area contributed by atoms with Crippen molar-refractivity contribution in [1.29, 1.82) is 0 Å². The fourth-order valence-electron chi connectivity index (χ4n) is 3.56. The SMILES string of the molecule is CN=C(NCCc1cc(C)cc(C)c1)N1CCN(S(=O)(=O)CCOC(C)C)CC1. The van der Waals surface area contributed by atoms with Gasteiger partial charge in [-0.2, -0.15) is 4.31 Å². The molecule has 1 aromatic rings. The highest BCUT2D eigenvalue weighted by Gasteiger charge is 2.27. The number of hydrogen-bond donors (Lipinski definition) is 1. The standard InChI is InChI=1S/C21H36N4O3S/c1-17(2)28-12-13-29(26,27)25-10-8-24(9-11-25)21(22-5)23-7-6-20-15-18(3)14-19(4)16-20/h14-17H,6-13H2,1-5H3,(H,22,23). The average molecular weight is 425 g/mol. The number of guanidine groups is 1. The molecule has 0 bridgehead atoms. The third-order valence-corrected chi connectivity index (χ3v) is 6.75. The first-order valence-corrected chi connectivity index (χ1v) is 11.9. The highest BCUT2D eigenvalue weighted by molar-refractivity contribution is 7.89. The molecule has 0 unspecified atom stereocenters. The van der Waals surface area contributed by atoms with E-state index in [2.05, 4.69) is 47.3 Å². The average Bonchev–Trinajstić information content (AvgIpc) is 2.64. The molecule has 0 saturated carbocycles. The predicted octanol–water partition coefficient (Wildman–Crippen LogP) is 1.79. The molecule has 1 fully saturated rings. The molecule has 0 aliphatic carbocycles. The van der Waals surface area contributed by atoms with Gasteiger partial charge in [0.25, 0.3) is 0 Å². The summed E-state index contributed by atoms with van der Waals surface area (Å²) in [6.45, 7) is 11.3. The van der Waals surface area contributed by atoms with Gasteiger partial charge in [0.2, 0.25) is 10.0 Å². The Bertz CT molecular complexity index is 765. The molecule has 29 heavy (non-hydrogen) atoms. The fourth-order valence-corrected chi connectivity index (χ4v) is 4.85. The second-order valence-corrected chi connectivity index (χ2v) is 9.93. The highest BCUT2D eigenvalue weighted by atomic mass is 32.2. The van der Waals surface area contributed by atoms with Crippen molar-refractivity contribution < 1.29 is 13.2 Å². The molecule has 1 aliphatic rings. The summed E-state index contributed by atoms with van der Waals surface area (Å²) in [7, 11) is -1.51. The fraction of sp³-hybridized carbons (Fsp3) is 0.667. The first kappa shape index (κ1) is 23.6. The molecule has 1 N–H and O–H groups in total. The Hall–Kier alpha value is -1.64. The van der Waals surface area contributed by atoms with E-state index >= 15 is 0 Å². The lowest BCUT2D eigenvalue weighted by Crippen LogP contribution is -2.54. The monoisotopic (exact) mass is 424 g/mol. The molecule has 1 aromatic carbocycles. The molecule has 2 rings (SSSR count). The van der Waals surface area contributed by atoms with E-state index in [1.54, 1.807) is 11.4 Å². The summed E-state index contributed by atoms with van der Waals surface area (Å²) in [6.07, 6.45) is 0.964. The summed E-state index contributed by atoms with van der Waals surface area (Å²) < 4.78 is 31.9. The van der Waals surface area contributed by atoms with Crippen molar-refractivity contribution in [2.75, 3.05) is 52.1 Å². The van der Waals surface area contributed by atoms with E-state index in [-0.39, 0.29) is 18.5 Å². The summed E-state index contributed by atoms with van der Waals surface area (Å²) in [6, 6.07) is 6.60. The number of nitrogens with one attached hydrogen (secondary N) is 1. The molecule has 1 heterocycles. The molecule has 1 aliphatic heterocycles. The summed E-state index contributed by atoms with van der Waals surface area (Å²) in [5.74, 6) is 0.864. The van der Waals surface area contributed by atoms with Crippen molar-refractivity contribution in [3.8, 4) is 0 Å². The van der Waals surface area contributed by atoms with E-state index in [0.29, 0.717) is 26.2 Å². The van der Waals surface area contributed by atoms with Gasteiger partial charge in [-0.05, 0) is 39.7 Å². The van der Waals surface area contributed by atoms with E-state index in [0.717, 1.165) is 18.9 Å². The van der Waals surface area contributed by atoms with Crippen molar-refractivity contribution >= 4 is 16.0 Å². The van der Waals surface area contributed by atoms with Crippen molar-refractivity contribution in [1.82, 2.24) is 14.5 Å². The number of aryl methyl sites for hydroxylation is 2. The minimum atomic E-state index is -3.27. The molecule has 164 valence electrons. The Balaban J connectivity index is 1.80. The maximum atomic E-state index is 12.5. The molecule has 1 saturated heterocycles. The third kappa shape index (κ3) is 7.60. The largest absolute Gasteiger partial charge is 0.378 e. The number of nitrogens with zero attached hydrogens (tertiary/aromatic N) is 3. The van der Waals surface area contributed by atoms with E-state index in [9.17, 15) is 8.42 Å². The molecule has 0 aromatic heterocycles. The Morgan fingerprint density at radius 1 is 1.14 bits per heavy atom. The van der Waals surface area contributed by atoms with Crippen LogP contribution in [0.4, 0.5) is 0 Å². The van der Waals surface area contributed by atoms with Crippen LogP contribution in [0.5, 0.6) is 0 Å². The van der Waals surface area contributed by atoms with Crippen molar-refractivity contribution in [2.24, 2.45) is 4.99 Å². The van der Waals surface area contributed by atoms with Crippen molar-refractivity contribution in [3.05, 3.63) is 34.9 Å².